The van der Waals surface area contributed by atoms with Crippen LogP contribution in [0.15, 0.2) is 54.9 Å². The molecule has 0 aliphatic carbocycles. The zero-order chi connectivity index (χ0) is 16.1. The standard InChI is InChI=1S/C18H21N3O2/c22-17(15-5-2-1-3-6-15)14-20-9-11-21(12-10-20)18(23)16-7-4-8-19-13-16/h1-8,13,17,22H,9-12,14H2/t17-/m0/s1. The molecule has 5 nitrogen and oxygen atoms in total. The summed E-state index contributed by atoms with van der Waals surface area (Å²) in [5.74, 6) is 0.0290. The average Bonchev–Trinajstić information content (AvgIpc) is 2.63. The molecule has 0 spiro atoms. The van der Waals surface area contributed by atoms with Gasteiger partial charge in [0.05, 0.1) is 11.7 Å². The van der Waals surface area contributed by atoms with Crippen LogP contribution < -0.4 is 0 Å². The predicted octanol–water partition coefficient (Wildman–Crippen LogP) is 1.57. The maximum absolute atomic E-state index is 12.4. The normalized spacial score (nSPS) is 17.0. The van der Waals surface area contributed by atoms with E-state index in [-0.39, 0.29) is 5.91 Å². The van der Waals surface area contributed by atoms with Crippen molar-refractivity contribution in [3.05, 3.63) is 66.0 Å². The van der Waals surface area contributed by atoms with Crippen LogP contribution in [0.1, 0.15) is 22.0 Å². The Morgan fingerprint density at radius 3 is 2.48 bits per heavy atom. The number of hydrogen-bond acceptors (Lipinski definition) is 4. The fourth-order valence-corrected chi connectivity index (χ4v) is 2.83. The van der Waals surface area contributed by atoms with Crippen LogP contribution in [0.5, 0.6) is 0 Å². The molecule has 1 amide bonds. The van der Waals surface area contributed by atoms with Gasteiger partial charge in [0.15, 0.2) is 0 Å². The van der Waals surface area contributed by atoms with Crippen molar-refractivity contribution in [1.82, 2.24) is 14.8 Å². The Hall–Kier alpha value is -2.24. The summed E-state index contributed by atoms with van der Waals surface area (Å²) in [6.45, 7) is 3.50. The van der Waals surface area contributed by atoms with Gasteiger partial charge in [0.25, 0.3) is 5.91 Å². The Balaban J connectivity index is 1.52. The lowest BCUT2D eigenvalue weighted by Crippen LogP contribution is -2.49. The highest BCUT2D eigenvalue weighted by molar-refractivity contribution is 5.93. The summed E-state index contributed by atoms with van der Waals surface area (Å²) in [6, 6.07) is 13.3. The van der Waals surface area contributed by atoms with Crippen molar-refractivity contribution in [3.8, 4) is 0 Å². The number of hydrogen-bond donors (Lipinski definition) is 1. The van der Waals surface area contributed by atoms with Gasteiger partial charge in [-0.2, -0.15) is 0 Å². The van der Waals surface area contributed by atoms with Crippen LogP contribution in [0.25, 0.3) is 0 Å². The zero-order valence-corrected chi connectivity index (χ0v) is 13.0. The van der Waals surface area contributed by atoms with E-state index in [0.717, 1.165) is 18.7 Å². The molecule has 1 N–H and O–H groups in total. The van der Waals surface area contributed by atoms with Crippen molar-refractivity contribution in [2.45, 2.75) is 6.10 Å². The minimum absolute atomic E-state index is 0.0290. The topological polar surface area (TPSA) is 56.7 Å². The Morgan fingerprint density at radius 1 is 1.09 bits per heavy atom. The average molecular weight is 311 g/mol. The third-order valence-electron chi connectivity index (χ3n) is 4.18. The van der Waals surface area contributed by atoms with Crippen LogP contribution in [0.3, 0.4) is 0 Å². The van der Waals surface area contributed by atoms with E-state index in [2.05, 4.69) is 9.88 Å². The number of aliphatic hydroxyl groups excluding tert-OH is 1. The highest BCUT2D eigenvalue weighted by Crippen LogP contribution is 2.15. The minimum Gasteiger partial charge on any atom is -0.387 e. The summed E-state index contributed by atoms with van der Waals surface area (Å²) in [5.41, 5.74) is 1.56. The van der Waals surface area contributed by atoms with Gasteiger partial charge in [0, 0.05) is 45.1 Å². The maximum Gasteiger partial charge on any atom is 0.255 e. The first-order valence-corrected chi connectivity index (χ1v) is 7.89. The molecule has 5 heteroatoms. The number of aromatic nitrogens is 1. The molecule has 1 aromatic heterocycles. The summed E-state index contributed by atoms with van der Waals surface area (Å²) >= 11 is 0. The smallest absolute Gasteiger partial charge is 0.255 e. The number of amides is 1. The van der Waals surface area contributed by atoms with Crippen LogP contribution in [-0.2, 0) is 0 Å². The molecular formula is C18H21N3O2. The number of aliphatic hydroxyl groups is 1. The van der Waals surface area contributed by atoms with E-state index in [9.17, 15) is 9.90 Å². The van der Waals surface area contributed by atoms with Crippen molar-refractivity contribution in [1.29, 1.82) is 0 Å². The van der Waals surface area contributed by atoms with E-state index < -0.39 is 6.10 Å². The molecule has 0 radical (unpaired) electrons. The van der Waals surface area contributed by atoms with Crippen LogP contribution in [0, 0.1) is 0 Å². The lowest BCUT2D eigenvalue weighted by molar-refractivity contribution is 0.0527. The lowest BCUT2D eigenvalue weighted by atomic mass is 10.1. The maximum atomic E-state index is 12.4. The van der Waals surface area contributed by atoms with Gasteiger partial charge in [-0.1, -0.05) is 30.3 Å². The van der Waals surface area contributed by atoms with E-state index in [1.807, 2.05) is 35.2 Å². The van der Waals surface area contributed by atoms with Gasteiger partial charge in [0.1, 0.15) is 0 Å². The highest BCUT2D eigenvalue weighted by Gasteiger charge is 2.23. The minimum atomic E-state index is -0.489. The second-order valence-electron chi connectivity index (χ2n) is 5.76. The molecule has 1 aliphatic rings. The number of rotatable bonds is 4. The van der Waals surface area contributed by atoms with Gasteiger partial charge in [0.2, 0.25) is 0 Å². The number of carbonyl (C=O) groups is 1. The third kappa shape index (κ3) is 3.94. The molecule has 1 aliphatic heterocycles. The lowest BCUT2D eigenvalue weighted by Gasteiger charge is -2.35. The van der Waals surface area contributed by atoms with Crippen LogP contribution in [0.4, 0.5) is 0 Å². The van der Waals surface area contributed by atoms with E-state index >= 15 is 0 Å². The van der Waals surface area contributed by atoms with Crippen molar-refractivity contribution in [2.75, 3.05) is 32.7 Å². The van der Waals surface area contributed by atoms with Crippen molar-refractivity contribution < 1.29 is 9.90 Å². The van der Waals surface area contributed by atoms with E-state index in [1.165, 1.54) is 0 Å². The quantitative estimate of drug-likeness (QED) is 0.931. The van der Waals surface area contributed by atoms with Crippen LogP contribution in [0.2, 0.25) is 0 Å². The van der Waals surface area contributed by atoms with Gasteiger partial charge in [-0.05, 0) is 17.7 Å². The summed E-state index contributed by atoms with van der Waals surface area (Å²) in [6.07, 6.45) is 2.78. The Labute approximate surface area is 136 Å². The first-order chi connectivity index (χ1) is 11.2. The second kappa shape index (κ2) is 7.35. The first-order valence-electron chi connectivity index (χ1n) is 7.89. The van der Waals surface area contributed by atoms with Crippen LogP contribution >= 0.6 is 0 Å². The number of nitrogens with zero attached hydrogens (tertiary/aromatic N) is 3. The predicted molar refractivity (Wildman–Crippen MR) is 88.0 cm³/mol. The second-order valence-corrected chi connectivity index (χ2v) is 5.76. The first kappa shape index (κ1) is 15.6. The van der Waals surface area contributed by atoms with Gasteiger partial charge in [-0.25, -0.2) is 0 Å². The molecule has 0 saturated carbocycles. The molecule has 2 heterocycles. The fourth-order valence-electron chi connectivity index (χ4n) is 2.83. The number of pyridine rings is 1. The summed E-state index contributed by atoms with van der Waals surface area (Å²) in [5, 5.41) is 10.3. The molecule has 0 unspecified atom stereocenters. The Morgan fingerprint density at radius 2 is 1.83 bits per heavy atom. The van der Waals surface area contributed by atoms with Crippen molar-refractivity contribution in [3.63, 3.8) is 0 Å². The molecule has 2 aromatic rings. The molecule has 1 fully saturated rings. The number of benzene rings is 1. The largest absolute Gasteiger partial charge is 0.387 e. The fraction of sp³-hybridized carbons (Fsp3) is 0.333. The third-order valence-corrected chi connectivity index (χ3v) is 4.18. The summed E-state index contributed by atoms with van der Waals surface area (Å²) in [4.78, 5) is 20.4. The Bertz CT molecular complexity index is 625. The molecule has 120 valence electrons. The Kier molecular flexibility index (Phi) is 5.00. The molecule has 1 atom stereocenters. The molecule has 3 rings (SSSR count). The van der Waals surface area contributed by atoms with Gasteiger partial charge in [-0.3, -0.25) is 14.7 Å². The van der Waals surface area contributed by atoms with E-state index in [0.29, 0.717) is 25.2 Å². The number of carbonyl (C=O) groups excluding carboxylic acids is 1. The molecule has 23 heavy (non-hydrogen) atoms. The molecule has 1 saturated heterocycles. The monoisotopic (exact) mass is 311 g/mol. The van der Waals surface area contributed by atoms with Crippen LogP contribution in [-0.4, -0.2) is 58.5 Å². The zero-order valence-electron chi connectivity index (χ0n) is 13.0. The molecule has 1 aromatic carbocycles. The van der Waals surface area contributed by atoms with Gasteiger partial charge >= 0.3 is 0 Å². The van der Waals surface area contributed by atoms with E-state index in [1.54, 1.807) is 24.5 Å². The van der Waals surface area contributed by atoms with Gasteiger partial charge < -0.3 is 10.0 Å². The number of β-amino-alcohol motifs (C(OH)–C–C–N with tert-alkyl or cyclic N) is 1. The van der Waals surface area contributed by atoms with Crippen molar-refractivity contribution >= 4 is 5.91 Å². The van der Waals surface area contributed by atoms with E-state index in [4.69, 9.17) is 0 Å². The molecule has 0 bridgehead atoms. The number of piperazine rings is 1. The SMILES string of the molecule is O=C(c1cccnc1)N1CCN(C[C@H](O)c2ccccc2)CC1. The highest BCUT2D eigenvalue weighted by atomic mass is 16.3. The van der Waals surface area contributed by atoms with Crippen molar-refractivity contribution in [2.24, 2.45) is 0 Å². The summed E-state index contributed by atoms with van der Waals surface area (Å²) < 4.78 is 0. The molecular weight excluding hydrogens is 290 g/mol. The van der Waals surface area contributed by atoms with Gasteiger partial charge in [-0.15, -0.1) is 0 Å². The summed E-state index contributed by atoms with van der Waals surface area (Å²) in [7, 11) is 0.